The maximum Gasteiger partial charge on any atom is 0.260 e. The second-order valence-electron chi connectivity index (χ2n) is 7.99. The normalized spacial score (nSPS) is 20.2. The van der Waals surface area contributed by atoms with E-state index in [2.05, 4.69) is 10.4 Å². The predicted molar refractivity (Wildman–Crippen MR) is 121 cm³/mol. The van der Waals surface area contributed by atoms with Crippen molar-refractivity contribution in [1.29, 1.82) is 0 Å². The molecule has 33 heavy (non-hydrogen) atoms. The van der Waals surface area contributed by atoms with Crippen molar-refractivity contribution >= 4 is 17.2 Å². The molecule has 4 bridgehead atoms. The molecule has 10 heteroatoms. The van der Waals surface area contributed by atoms with Crippen LogP contribution < -0.4 is 19.5 Å². The summed E-state index contributed by atoms with van der Waals surface area (Å²) in [6.45, 7) is 3.76. The topological polar surface area (TPSA) is 99.5 Å². The molecule has 0 spiro atoms. The zero-order valence-electron chi connectivity index (χ0n) is 18.9. The fourth-order valence-electron chi connectivity index (χ4n) is 4.43. The fraction of sp³-hybridized carbons (Fsp3) is 0.435. The van der Waals surface area contributed by atoms with Gasteiger partial charge in [0.15, 0.2) is 11.4 Å². The highest BCUT2D eigenvalue weighted by atomic mass is 16.5. The minimum absolute atomic E-state index is 0.0147. The number of rotatable bonds is 4. The van der Waals surface area contributed by atoms with Crippen LogP contribution in [0.3, 0.4) is 0 Å². The van der Waals surface area contributed by atoms with E-state index >= 15 is 0 Å². The first-order valence-electron chi connectivity index (χ1n) is 11.0. The summed E-state index contributed by atoms with van der Waals surface area (Å²) >= 11 is 0. The van der Waals surface area contributed by atoms with Gasteiger partial charge in [-0.3, -0.25) is 4.79 Å². The molecule has 1 fully saturated rings. The van der Waals surface area contributed by atoms with Gasteiger partial charge >= 0.3 is 0 Å². The highest BCUT2D eigenvalue weighted by Crippen LogP contribution is 2.34. The summed E-state index contributed by atoms with van der Waals surface area (Å²) in [7, 11) is 3.20. The van der Waals surface area contributed by atoms with Crippen molar-refractivity contribution in [3.8, 4) is 28.5 Å². The molecule has 5 rings (SSSR count). The number of nitrogens with one attached hydrogen (secondary N) is 1. The molecule has 1 aromatic carbocycles. The van der Waals surface area contributed by atoms with Crippen LogP contribution in [-0.4, -0.2) is 78.1 Å². The molecule has 4 heterocycles. The molecule has 10 nitrogen and oxygen atoms in total. The number of carbonyl (C=O) groups excluding carboxylic acids is 1. The average molecular weight is 453 g/mol. The Morgan fingerprint density at radius 1 is 1.24 bits per heavy atom. The van der Waals surface area contributed by atoms with Gasteiger partial charge in [0, 0.05) is 43.4 Å². The number of hydrogen-bond acceptors (Lipinski definition) is 8. The number of hydrogen-bond donors (Lipinski definition) is 1. The first kappa shape index (κ1) is 21.3. The lowest BCUT2D eigenvalue weighted by molar-refractivity contribution is -0.137. The number of benzene rings is 1. The fourth-order valence-corrected chi connectivity index (χ4v) is 4.43. The highest BCUT2D eigenvalue weighted by molar-refractivity contribution is 5.84. The van der Waals surface area contributed by atoms with Gasteiger partial charge in [0.2, 0.25) is 0 Å². The van der Waals surface area contributed by atoms with E-state index in [-0.39, 0.29) is 18.6 Å². The smallest absolute Gasteiger partial charge is 0.260 e. The molecule has 2 aliphatic rings. The van der Waals surface area contributed by atoms with E-state index < -0.39 is 6.10 Å². The van der Waals surface area contributed by atoms with Crippen molar-refractivity contribution in [2.24, 2.45) is 0 Å². The molecule has 2 atom stereocenters. The second kappa shape index (κ2) is 8.78. The first-order valence-corrected chi connectivity index (χ1v) is 11.0. The quantitative estimate of drug-likeness (QED) is 0.642. The van der Waals surface area contributed by atoms with E-state index in [4.69, 9.17) is 23.9 Å². The van der Waals surface area contributed by atoms with Crippen LogP contribution >= 0.6 is 0 Å². The average Bonchev–Trinajstić information content (AvgIpc) is 3.37. The van der Waals surface area contributed by atoms with E-state index in [1.807, 2.05) is 30.0 Å². The highest BCUT2D eigenvalue weighted by Gasteiger charge is 2.40. The van der Waals surface area contributed by atoms with Crippen molar-refractivity contribution in [2.45, 2.75) is 25.5 Å². The second-order valence-corrected chi connectivity index (χ2v) is 7.99. The lowest BCUT2D eigenvalue weighted by Gasteiger charge is -2.25. The van der Waals surface area contributed by atoms with E-state index in [9.17, 15) is 4.79 Å². The number of fused-ring (bicyclic) bond motifs is 5. The van der Waals surface area contributed by atoms with Crippen molar-refractivity contribution in [1.82, 2.24) is 19.5 Å². The third kappa shape index (κ3) is 3.91. The van der Waals surface area contributed by atoms with Crippen LogP contribution in [0.25, 0.3) is 16.8 Å². The predicted octanol–water partition coefficient (Wildman–Crippen LogP) is 2.22. The third-order valence-electron chi connectivity index (χ3n) is 6.05. The molecule has 0 radical (unpaired) electrons. The summed E-state index contributed by atoms with van der Waals surface area (Å²) in [5, 5.41) is 7.87. The minimum atomic E-state index is -0.457. The van der Waals surface area contributed by atoms with E-state index in [0.717, 1.165) is 16.8 Å². The van der Waals surface area contributed by atoms with Gasteiger partial charge in [-0.05, 0) is 24.6 Å². The summed E-state index contributed by atoms with van der Waals surface area (Å²) in [6, 6.07) is 5.75. The molecule has 1 N–H and O–H groups in total. The molecule has 0 saturated carbocycles. The van der Waals surface area contributed by atoms with Crippen LogP contribution in [-0.2, 0) is 9.53 Å². The van der Waals surface area contributed by atoms with Gasteiger partial charge in [0.25, 0.3) is 11.8 Å². The van der Waals surface area contributed by atoms with Crippen LogP contribution in [0.4, 0.5) is 5.69 Å². The van der Waals surface area contributed by atoms with E-state index in [1.54, 1.807) is 31.1 Å². The number of methoxy groups -OCH3 is 2. The van der Waals surface area contributed by atoms with Crippen LogP contribution in [0, 0.1) is 0 Å². The molecule has 3 aromatic rings. The van der Waals surface area contributed by atoms with Gasteiger partial charge in [-0.25, -0.2) is 4.52 Å². The number of amides is 1. The number of carbonyl (C=O) groups is 1. The summed E-state index contributed by atoms with van der Waals surface area (Å²) in [6.07, 6.45) is 3.62. The molecule has 174 valence electrons. The Kier molecular flexibility index (Phi) is 5.67. The van der Waals surface area contributed by atoms with Gasteiger partial charge in [-0.15, -0.1) is 0 Å². The summed E-state index contributed by atoms with van der Waals surface area (Å²) < 4.78 is 24.5. The van der Waals surface area contributed by atoms with Crippen molar-refractivity contribution in [3.05, 3.63) is 30.6 Å². The molecule has 1 saturated heterocycles. The Labute approximate surface area is 191 Å². The van der Waals surface area contributed by atoms with Gasteiger partial charge in [-0.2, -0.15) is 10.1 Å². The Bertz CT molecular complexity index is 1180. The van der Waals surface area contributed by atoms with Crippen LogP contribution in [0.5, 0.6) is 17.4 Å². The maximum atomic E-state index is 13.0. The molecule has 2 aliphatic heterocycles. The Morgan fingerprint density at radius 3 is 2.91 bits per heavy atom. The minimum Gasteiger partial charge on any atom is -0.497 e. The standard InChI is InChI=1S/C23H27N5O5/c1-4-32-19-10-16-13-33-22-20(31-3)12-28-21(26-22)18(11-25-28)14-7-15(9-17(8-14)30-2)24-5-6-27(16)23(19)29/h7-9,11-12,16,19,24H,4-6,10,13H2,1-3H3/t16-,19+/m0/s1. The molecule has 0 unspecified atom stereocenters. The zero-order valence-corrected chi connectivity index (χ0v) is 18.9. The summed E-state index contributed by atoms with van der Waals surface area (Å²) in [5.41, 5.74) is 3.26. The van der Waals surface area contributed by atoms with Crippen LogP contribution in [0.1, 0.15) is 13.3 Å². The Balaban J connectivity index is 1.60. The zero-order chi connectivity index (χ0) is 22.9. The van der Waals surface area contributed by atoms with Gasteiger partial charge in [0.05, 0.1) is 32.7 Å². The summed E-state index contributed by atoms with van der Waals surface area (Å²) in [5.74, 6) is 1.52. The Hall–Kier alpha value is -3.53. The molecule has 0 aliphatic carbocycles. The van der Waals surface area contributed by atoms with Crippen molar-refractivity contribution < 1.29 is 23.7 Å². The summed E-state index contributed by atoms with van der Waals surface area (Å²) in [4.78, 5) is 19.5. The monoisotopic (exact) mass is 453 g/mol. The third-order valence-corrected chi connectivity index (χ3v) is 6.05. The van der Waals surface area contributed by atoms with Crippen molar-refractivity contribution in [3.63, 3.8) is 0 Å². The number of anilines is 1. The first-order chi connectivity index (χ1) is 16.1. The van der Waals surface area contributed by atoms with Gasteiger partial charge < -0.3 is 29.2 Å². The molecular weight excluding hydrogens is 426 g/mol. The SMILES string of the molecule is CCO[C@@H]1C[C@H]2COc3nc4c(cnn4cc3OC)-c3cc(cc(OC)c3)NCCN2C1=O. The van der Waals surface area contributed by atoms with E-state index in [0.29, 0.717) is 49.1 Å². The number of ether oxygens (including phenoxy) is 4. The van der Waals surface area contributed by atoms with Crippen molar-refractivity contribution in [2.75, 3.05) is 45.8 Å². The van der Waals surface area contributed by atoms with Gasteiger partial charge in [0.1, 0.15) is 18.5 Å². The van der Waals surface area contributed by atoms with E-state index in [1.165, 1.54) is 0 Å². The van der Waals surface area contributed by atoms with Crippen LogP contribution in [0.15, 0.2) is 30.6 Å². The molecule has 2 aromatic heterocycles. The largest absolute Gasteiger partial charge is 0.497 e. The molecular formula is C23H27N5O5. The lowest BCUT2D eigenvalue weighted by atomic mass is 10.1. The Morgan fingerprint density at radius 2 is 2.12 bits per heavy atom. The number of nitrogens with zero attached hydrogens (tertiary/aromatic N) is 4. The maximum absolute atomic E-state index is 13.0. The van der Waals surface area contributed by atoms with Crippen LogP contribution in [0.2, 0.25) is 0 Å². The van der Waals surface area contributed by atoms with Gasteiger partial charge in [-0.1, -0.05) is 0 Å². The lowest BCUT2D eigenvalue weighted by Crippen LogP contribution is -2.41. The molecule has 1 amide bonds. The number of aromatic nitrogens is 3.